The fourth-order valence-electron chi connectivity index (χ4n) is 18.1. The Morgan fingerprint density at radius 2 is 0.909 bits per heavy atom. The molecule has 0 amide bonds. The minimum absolute atomic E-state index is 0.148. The second-order valence-electron chi connectivity index (χ2n) is 23.2. The van der Waals surface area contributed by atoms with Gasteiger partial charge in [0, 0.05) is 0 Å². The first kappa shape index (κ1) is 38.0. The number of hydrogen-bond donors (Lipinski definition) is 0. The van der Waals surface area contributed by atoms with Crippen LogP contribution in [0.4, 0.5) is 0 Å². The predicted octanol–water partition coefficient (Wildman–Crippen LogP) is 10.9. The molecule has 322 valence electrons. The van der Waals surface area contributed by atoms with Gasteiger partial charge in [-0.2, -0.15) is 0 Å². The van der Waals surface area contributed by atoms with E-state index in [9.17, 15) is 0 Å². The molecule has 0 spiro atoms. The van der Waals surface area contributed by atoms with Crippen LogP contribution in [0, 0.1) is 35.5 Å². The summed E-state index contributed by atoms with van der Waals surface area (Å²) in [5.74, 6) is 5.66. The van der Waals surface area contributed by atoms with E-state index in [0.717, 1.165) is 35.5 Å². The molecule has 0 N–H and O–H groups in total. The van der Waals surface area contributed by atoms with Crippen LogP contribution >= 0.6 is 0 Å². The van der Waals surface area contributed by atoms with Gasteiger partial charge in [0.15, 0.2) is 0 Å². The van der Waals surface area contributed by atoms with Gasteiger partial charge in [-0.1, -0.05) is 0 Å². The van der Waals surface area contributed by atoms with Gasteiger partial charge in [0.2, 0.25) is 0 Å². The molecule has 10 aliphatic rings. The average Bonchev–Trinajstić information content (AvgIpc) is 3.67. The zero-order valence-corrected chi connectivity index (χ0v) is 39.6. The van der Waals surface area contributed by atoms with Gasteiger partial charge in [-0.25, -0.2) is 0 Å². The van der Waals surface area contributed by atoms with Gasteiger partial charge in [-0.15, -0.1) is 0 Å². The molecule has 1 nitrogen and oxygen atoms in total. The fraction of sp³-hybridized carbons (Fsp3) is 0.333. The second kappa shape index (κ2) is 13.5. The molecule has 0 saturated heterocycles. The Labute approximate surface area is 396 Å². The van der Waals surface area contributed by atoms with Gasteiger partial charge in [-0.05, 0) is 0 Å². The summed E-state index contributed by atoms with van der Waals surface area (Å²) >= 11 is 0.148. The van der Waals surface area contributed by atoms with Gasteiger partial charge >= 0.3 is 399 Å². The summed E-state index contributed by atoms with van der Waals surface area (Å²) in [6.45, 7) is 0.191. The Morgan fingerprint density at radius 3 is 1.45 bits per heavy atom. The zero-order valence-electron chi connectivity index (χ0n) is 37.9. The predicted molar refractivity (Wildman–Crippen MR) is 275 cm³/mol. The van der Waals surface area contributed by atoms with Crippen molar-refractivity contribution in [2.45, 2.75) is 93.3 Å². The summed E-state index contributed by atoms with van der Waals surface area (Å²) in [5.41, 5.74) is 17.8. The standard InChI is InChI=1S/C63H56BNSe/c1-3-10-45(11-4-1)63(46-12-5-2-6-13-46)52-14-7-8-16-54(52)64-55-21-20-49(32-59(55)66-58-17-9-15-53(63)60(58)64)65-56-22-18-47(61-33-39-24-40(34-61)26-41(25-39)35-61)30-50(56)51-31-48(19-23-57(51)65)62-36-42-27-43(37-62)29-44(28-42)38-62/h1-23,30-32,39-44H,24-29,33-38H2. The molecule has 2 aliphatic heterocycles. The zero-order chi connectivity index (χ0) is 42.9. The number of hydrogen-bond acceptors (Lipinski definition) is 0. The topological polar surface area (TPSA) is 4.93 Å². The Morgan fingerprint density at radius 1 is 0.409 bits per heavy atom. The van der Waals surface area contributed by atoms with Crippen molar-refractivity contribution >= 4 is 68.8 Å². The van der Waals surface area contributed by atoms with Crippen LogP contribution in [0.2, 0.25) is 0 Å². The summed E-state index contributed by atoms with van der Waals surface area (Å²) in [6, 6.07) is 63.0. The molecule has 66 heavy (non-hydrogen) atoms. The van der Waals surface area contributed by atoms with Crippen LogP contribution in [-0.2, 0) is 16.2 Å². The monoisotopic (exact) mass is 917 g/mol. The number of nitrogens with zero attached hydrogens (tertiary/aromatic N) is 1. The van der Waals surface area contributed by atoms with E-state index in [4.69, 9.17) is 0 Å². The van der Waals surface area contributed by atoms with Gasteiger partial charge in [0.25, 0.3) is 0 Å². The van der Waals surface area contributed by atoms with Crippen LogP contribution in [0.25, 0.3) is 27.5 Å². The number of rotatable bonds is 5. The van der Waals surface area contributed by atoms with E-state index in [2.05, 4.69) is 162 Å². The van der Waals surface area contributed by atoms with Crippen molar-refractivity contribution in [3.63, 3.8) is 0 Å². The van der Waals surface area contributed by atoms with Crippen molar-refractivity contribution in [3.05, 3.63) is 191 Å². The summed E-state index contributed by atoms with van der Waals surface area (Å²) in [5, 5.41) is 3.00. The molecule has 7 aromatic carbocycles. The SMILES string of the molecule is c1ccc(C2(c3ccccc3)c3ccccc3B3c4ccc(-n5c6ccc(C78CC9CC(CC(C9)C7)C8)cc6c6cc(C78CC9CC(CC(C9)C7)C8)ccc65)cc4[Se]c4cccc2c43)cc1. The number of benzene rings is 7. The minimum atomic E-state index is -0.401. The summed E-state index contributed by atoms with van der Waals surface area (Å²) < 4.78 is 5.75. The van der Waals surface area contributed by atoms with Crippen molar-refractivity contribution in [3.8, 4) is 5.69 Å². The van der Waals surface area contributed by atoms with Crippen LogP contribution in [0.15, 0.2) is 158 Å². The fourth-order valence-corrected chi connectivity index (χ4v) is 20.7. The summed E-state index contributed by atoms with van der Waals surface area (Å²) in [7, 11) is 0. The Kier molecular flexibility index (Phi) is 7.79. The van der Waals surface area contributed by atoms with Crippen molar-refractivity contribution < 1.29 is 0 Å². The summed E-state index contributed by atoms with van der Waals surface area (Å²) in [4.78, 5) is 0. The van der Waals surface area contributed by atoms with E-state index in [-0.39, 0.29) is 21.7 Å². The molecular formula is C63H56BNSe. The van der Waals surface area contributed by atoms with Crippen LogP contribution in [0.1, 0.15) is 110 Å². The van der Waals surface area contributed by atoms with E-state index < -0.39 is 5.41 Å². The van der Waals surface area contributed by atoms with Crippen molar-refractivity contribution in [2.24, 2.45) is 35.5 Å². The van der Waals surface area contributed by atoms with Gasteiger partial charge < -0.3 is 0 Å². The maximum absolute atomic E-state index is 2.75. The first-order valence-corrected chi connectivity index (χ1v) is 27.5. The van der Waals surface area contributed by atoms with Crippen molar-refractivity contribution in [2.75, 3.05) is 0 Å². The van der Waals surface area contributed by atoms with Crippen LogP contribution in [0.3, 0.4) is 0 Å². The third-order valence-corrected chi connectivity index (χ3v) is 22.1. The molecule has 8 saturated carbocycles. The first-order chi connectivity index (χ1) is 32.5. The van der Waals surface area contributed by atoms with Crippen LogP contribution in [-0.4, -0.2) is 26.2 Å². The molecule has 8 bridgehead atoms. The van der Waals surface area contributed by atoms with Crippen molar-refractivity contribution in [1.82, 2.24) is 4.57 Å². The molecule has 0 unspecified atom stereocenters. The molecule has 8 aromatic rings. The van der Waals surface area contributed by atoms with E-state index in [1.54, 1.807) is 11.1 Å². The molecule has 0 radical (unpaired) electrons. The molecule has 8 fully saturated rings. The van der Waals surface area contributed by atoms with Crippen LogP contribution in [0.5, 0.6) is 0 Å². The Hall–Kier alpha value is -5.08. The van der Waals surface area contributed by atoms with Crippen molar-refractivity contribution in [1.29, 1.82) is 0 Å². The molecular weight excluding hydrogens is 860 g/mol. The quantitative estimate of drug-likeness (QED) is 0.152. The average molecular weight is 917 g/mol. The number of aromatic nitrogens is 1. The molecule has 8 aliphatic carbocycles. The van der Waals surface area contributed by atoms with E-state index in [0.29, 0.717) is 10.8 Å². The van der Waals surface area contributed by atoms with Gasteiger partial charge in [-0.3, -0.25) is 0 Å². The maximum atomic E-state index is 2.75. The third kappa shape index (κ3) is 5.10. The molecule has 3 heterocycles. The van der Waals surface area contributed by atoms with E-state index in [1.807, 2.05) is 0 Å². The second-order valence-corrected chi connectivity index (χ2v) is 25.5. The normalized spacial score (nSPS) is 30.2. The summed E-state index contributed by atoms with van der Waals surface area (Å²) in [6.07, 6.45) is 17.5. The van der Waals surface area contributed by atoms with Gasteiger partial charge in [0.05, 0.1) is 0 Å². The van der Waals surface area contributed by atoms with Gasteiger partial charge in [0.1, 0.15) is 0 Å². The Balaban J connectivity index is 0.880. The number of fused-ring (bicyclic) bond motifs is 7. The van der Waals surface area contributed by atoms with E-state index in [1.165, 1.54) is 152 Å². The van der Waals surface area contributed by atoms with Crippen LogP contribution < -0.4 is 25.3 Å². The molecule has 18 rings (SSSR count). The molecule has 0 atom stereocenters. The first-order valence-electron chi connectivity index (χ1n) is 25.8. The van der Waals surface area contributed by atoms with E-state index >= 15 is 0 Å². The third-order valence-electron chi connectivity index (χ3n) is 19.7. The molecule has 1 aromatic heterocycles. The molecule has 3 heteroatoms. The Bertz CT molecular complexity index is 3110.